The van der Waals surface area contributed by atoms with Gasteiger partial charge in [-0.15, -0.1) is 0 Å². The number of Topliss-reactive ketones (excluding diaryl/α,β-unsaturated/α-hetero) is 1. The number of ketones is 1. The van der Waals surface area contributed by atoms with Gasteiger partial charge >= 0.3 is 0 Å². The number of halogens is 1. The first-order chi connectivity index (χ1) is 9.56. The van der Waals surface area contributed by atoms with E-state index in [1.807, 2.05) is 24.3 Å². The van der Waals surface area contributed by atoms with Crippen molar-refractivity contribution in [3.63, 3.8) is 0 Å². The number of carbonyl (C=O) groups excluding carboxylic acids is 1. The zero-order valence-corrected chi connectivity index (χ0v) is 13.4. The molecular formula is C17H19BrO2. The molecule has 2 aromatic rings. The monoisotopic (exact) mass is 334 g/mol. The third-order valence-corrected chi connectivity index (χ3v) is 5.33. The van der Waals surface area contributed by atoms with Crippen molar-refractivity contribution in [2.75, 3.05) is 0 Å². The highest BCUT2D eigenvalue weighted by Gasteiger charge is 2.31. The maximum Gasteiger partial charge on any atom is 0.201 e. The largest absolute Gasteiger partial charge is 0.452 e. The highest BCUT2D eigenvalue weighted by atomic mass is 79.9. The first-order valence-electron chi connectivity index (χ1n) is 7.28. The number of para-hydroxylation sites is 1. The fourth-order valence-corrected chi connectivity index (χ4v) is 3.60. The molecule has 1 saturated carbocycles. The van der Waals surface area contributed by atoms with Gasteiger partial charge in [0.2, 0.25) is 5.78 Å². The van der Waals surface area contributed by atoms with E-state index in [0.29, 0.717) is 11.7 Å². The molecule has 1 aromatic carbocycles. The van der Waals surface area contributed by atoms with Crippen LogP contribution in [0.2, 0.25) is 0 Å². The number of benzene rings is 1. The Hall–Kier alpha value is -1.09. The lowest BCUT2D eigenvalue weighted by molar-refractivity contribution is 0.0811. The number of carbonyl (C=O) groups is 1. The molecule has 3 atom stereocenters. The number of furan rings is 1. The maximum absolute atomic E-state index is 12.6. The van der Waals surface area contributed by atoms with E-state index in [2.05, 4.69) is 29.8 Å². The molecule has 2 nitrogen and oxygen atoms in total. The van der Waals surface area contributed by atoms with E-state index < -0.39 is 0 Å². The average Bonchev–Trinajstić information content (AvgIpc) is 2.86. The second kappa shape index (κ2) is 5.36. The van der Waals surface area contributed by atoms with Crippen LogP contribution in [-0.2, 0) is 0 Å². The summed E-state index contributed by atoms with van der Waals surface area (Å²) in [6.07, 6.45) is 3.11. The summed E-state index contributed by atoms with van der Waals surface area (Å²) >= 11 is 3.47. The molecule has 3 heteroatoms. The molecule has 1 fully saturated rings. The van der Waals surface area contributed by atoms with Gasteiger partial charge in [0.1, 0.15) is 5.58 Å². The Balaban J connectivity index is 1.87. The number of rotatable bonds is 2. The molecule has 1 aromatic heterocycles. The molecule has 0 amide bonds. The van der Waals surface area contributed by atoms with Crippen LogP contribution in [0.25, 0.3) is 11.0 Å². The van der Waals surface area contributed by atoms with Gasteiger partial charge in [0.05, 0.1) is 4.47 Å². The van der Waals surface area contributed by atoms with Crippen LogP contribution in [0.15, 0.2) is 33.2 Å². The van der Waals surface area contributed by atoms with Gasteiger partial charge in [0.15, 0.2) is 5.76 Å². The smallest absolute Gasteiger partial charge is 0.201 e. The van der Waals surface area contributed by atoms with Crippen molar-refractivity contribution in [1.29, 1.82) is 0 Å². The van der Waals surface area contributed by atoms with Gasteiger partial charge in [-0.05, 0) is 59.2 Å². The van der Waals surface area contributed by atoms with Crippen LogP contribution in [0.4, 0.5) is 0 Å². The number of fused-ring (bicyclic) bond motifs is 1. The molecular weight excluding hydrogens is 316 g/mol. The van der Waals surface area contributed by atoms with E-state index in [4.69, 9.17) is 4.42 Å². The summed E-state index contributed by atoms with van der Waals surface area (Å²) in [4.78, 5) is 12.6. The lowest BCUT2D eigenvalue weighted by atomic mass is 9.74. The Morgan fingerprint density at radius 1 is 1.25 bits per heavy atom. The summed E-state index contributed by atoms with van der Waals surface area (Å²) in [7, 11) is 0. The predicted octanol–water partition coefficient (Wildman–Crippen LogP) is 5.45. The average molecular weight is 335 g/mol. The third-order valence-electron chi connectivity index (χ3n) is 4.71. The molecule has 0 aliphatic heterocycles. The highest BCUT2D eigenvalue weighted by molar-refractivity contribution is 9.10. The van der Waals surface area contributed by atoms with E-state index in [9.17, 15) is 4.79 Å². The number of hydrogen-bond acceptors (Lipinski definition) is 2. The lowest BCUT2D eigenvalue weighted by Crippen LogP contribution is -2.26. The van der Waals surface area contributed by atoms with Crippen molar-refractivity contribution in [3.05, 3.63) is 34.5 Å². The summed E-state index contributed by atoms with van der Waals surface area (Å²) in [6, 6.07) is 7.75. The predicted molar refractivity (Wildman–Crippen MR) is 83.9 cm³/mol. The Labute approximate surface area is 127 Å². The van der Waals surface area contributed by atoms with Crippen molar-refractivity contribution in [2.45, 2.75) is 33.1 Å². The Bertz CT molecular complexity index is 643. The Morgan fingerprint density at radius 3 is 2.75 bits per heavy atom. The van der Waals surface area contributed by atoms with Gasteiger partial charge in [-0.25, -0.2) is 0 Å². The van der Waals surface area contributed by atoms with Gasteiger partial charge in [-0.3, -0.25) is 4.79 Å². The minimum atomic E-state index is 0.125. The standard InChI is InChI=1S/C17H19BrO2/c1-10-6-7-12(8-11(10)2)16(19)15-9-13-4-3-5-14(18)17(13)20-15/h3-5,9-12H,6-8H2,1-2H3. The molecule has 3 rings (SSSR count). The van der Waals surface area contributed by atoms with Crippen LogP contribution in [0.5, 0.6) is 0 Å². The quantitative estimate of drug-likeness (QED) is 0.683. The van der Waals surface area contributed by atoms with Crippen molar-refractivity contribution in [1.82, 2.24) is 0 Å². The van der Waals surface area contributed by atoms with Crippen LogP contribution < -0.4 is 0 Å². The lowest BCUT2D eigenvalue weighted by Gasteiger charge is -2.30. The van der Waals surface area contributed by atoms with Gasteiger partial charge in [-0.2, -0.15) is 0 Å². The van der Waals surface area contributed by atoms with Gasteiger partial charge in [0.25, 0.3) is 0 Å². The summed E-state index contributed by atoms with van der Waals surface area (Å²) in [5.74, 6) is 2.16. The van der Waals surface area contributed by atoms with Crippen LogP contribution >= 0.6 is 15.9 Å². The molecule has 1 heterocycles. The fourth-order valence-electron chi connectivity index (χ4n) is 3.14. The molecule has 106 valence electrons. The van der Waals surface area contributed by atoms with Gasteiger partial charge < -0.3 is 4.42 Å². The molecule has 1 aliphatic carbocycles. The third kappa shape index (κ3) is 2.44. The van der Waals surface area contributed by atoms with Crippen molar-refractivity contribution in [3.8, 4) is 0 Å². The molecule has 0 spiro atoms. The molecule has 0 saturated heterocycles. The molecule has 3 unspecified atom stereocenters. The van der Waals surface area contributed by atoms with Gasteiger partial charge in [-0.1, -0.05) is 26.0 Å². The minimum absolute atomic E-state index is 0.125. The van der Waals surface area contributed by atoms with E-state index >= 15 is 0 Å². The zero-order chi connectivity index (χ0) is 14.3. The second-order valence-corrected chi connectivity index (χ2v) is 6.95. The van der Waals surface area contributed by atoms with Gasteiger partial charge in [0, 0.05) is 11.3 Å². The van der Waals surface area contributed by atoms with Crippen LogP contribution in [0, 0.1) is 17.8 Å². The van der Waals surface area contributed by atoms with E-state index in [0.717, 1.165) is 40.6 Å². The summed E-state index contributed by atoms with van der Waals surface area (Å²) in [5, 5.41) is 0.986. The van der Waals surface area contributed by atoms with E-state index in [-0.39, 0.29) is 11.7 Å². The van der Waals surface area contributed by atoms with Crippen molar-refractivity contribution < 1.29 is 9.21 Å². The summed E-state index contributed by atoms with van der Waals surface area (Å²) < 4.78 is 6.68. The number of hydrogen-bond donors (Lipinski definition) is 0. The molecule has 1 aliphatic rings. The second-order valence-electron chi connectivity index (χ2n) is 6.10. The Kier molecular flexibility index (Phi) is 3.72. The normalized spacial score (nSPS) is 26.9. The topological polar surface area (TPSA) is 30.2 Å². The molecule has 0 N–H and O–H groups in total. The molecule has 20 heavy (non-hydrogen) atoms. The van der Waals surface area contributed by atoms with Crippen molar-refractivity contribution >= 4 is 32.7 Å². The van der Waals surface area contributed by atoms with Crippen LogP contribution in [0.3, 0.4) is 0 Å². The first-order valence-corrected chi connectivity index (χ1v) is 8.08. The van der Waals surface area contributed by atoms with Crippen LogP contribution in [0.1, 0.15) is 43.7 Å². The SMILES string of the molecule is CC1CCC(C(=O)c2cc3cccc(Br)c3o2)CC1C. The summed E-state index contributed by atoms with van der Waals surface area (Å²) in [5.41, 5.74) is 0.771. The maximum atomic E-state index is 12.6. The fraction of sp³-hybridized carbons (Fsp3) is 0.471. The first kappa shape index (κ1) is 13.9. The zero-order valence-electron chi connectivity index (χ0n) is 11.9. The van der Waals surface area contributed by atoms with Crippen LogP contribution in [-0.4, -0.2) is 5.78 Å². The van der Waals surface area contributed by atoms with E-state index in [1.54, 1.807) is 0 Å². The summed E-state index contributed by atoms with van der Waals surface area (Å²) in [6.45, 7) is 4.53. The molecule has 0 radical (unpaired) electrons. The highest BCUT2D eigenvalue weighted by Crippen LogP contribution is 2.36. The van der Waals surface area contributed by atoms with E-state index in [1.165, 1.54) is 0 Å². The van der Waals surface area contributed by atoms with Crippen molar-refractivity contribution in [2.24, 2.45) is 17.8 Å². The molecule has 0 bridgehead atoms. The Morgan fingerprint density at radius 2 is 2.05 bits per heavy atom. The minimum Gasteiger partial charge on any atom is -0.452 e.